The Bertz CT molecular complexity index is 945. The average Bonchev–Trinajstić information content (AvgIpc) is 3.14. The molecule has 0 amide bonds. The van der Waals surface area contributed by atoms with Gasteiger partial charge in [0.2, 0.25) is 0 Å². The number of rotatable bonds is 6. The van der Waals surface area contributed by atoms with E-state index in [0.29, 0.717) is 22.0 Å². The van der Waals surface area contributed by atoms with E-state index in [4.69, 9.17) is 14.7 Å². The van der Waals surface area contributed by atoms with Gasteiger partial charge in [-0.25, -0.2) is 9.78 Å². The number of carbonyl (C=O) groups is 1. The van der Waals surface area contributed by atoms with Crippen molar-refractivity contribution in [2.75, 3.05) is 12.4 Å². The maximum absolute atomic E-state index is 12.1. The number of nitrogens with one attached hydrogen (secondary N) is 1. The number of nitriles is 1. The van der Waals surface area contributed by atoms with Crippen molar-refractivity contribution in [3.8, 4) is 11.8 Å². The van der Waals surface area contributed by atoms with Gasteiger partial charge in [0.15, 0.2) is 5.13 Å². The number of hydrogen-bond acceptors (Lipinski definition) is 7. The summed E-state index contributed by atoms with van der Waals surface area (Å²) in [4.78, 5) is 16.5. The Kier molecular flexibility index (Phi) is 5.46. The number of aromatic nitrogens is 1. The van der Waals surface area contributed by atoms with E-state index >= 15 is 0 Å². The van der Waals surface area contributed by atoms with Crippen LogP contribution in [0.1, 0.15) is 21.6 Å². The molecule has 3 aromatic rings. The van der Waals surface area contributed by atoms with Gasteiger partial charge >= 0.3 is 5.97 Å². The standard InChI is InChI=1S/C19H15N3O3S/c1-24-17-7-5-15(6-8-17)21-19-22-16(12-26-19)11-25-18(23)14-4-2-3-13(9-14)10-20/h2-9,12H,11H2,1H3,(H,21,22). The maximum atomic E-state index is 12.1. The summed E-state index contributed by atoms with van der Waals surface area (Å²) < 4.78 is 10.4. The smallest absolute Gasteiger partial charge is 0.338 e. The lowest BCUT2D eigenvalue weighted by molar-refractivity contribution is 0.0468. The molecule has 0 fully saturated rings. The second-order valence-electron chi connectivity index (χ2n) is 5.27. The summed E-state index contributed by atoms with van der Waals surface area (Å²) in [7, 11) is 1.62. The molecular formula is C19H15N3O3S. The van der Waals surface area contributed by atoms with Gasteiger partial charge in [-0.3, -0.25) is 0 Å². The van der Waals surface area contributed by atoms with Crippen LogP contribution in [0.2, 0.25) is 0 Å². The Balaban J connectivity index is 1.57. The highest BCUT2D eigenvalue weighted by Crippen LogP contribution is 2.23. The quantitative estimate of drug-likeness (QED) is 0.661. The molecule has 3 rings (SSSR count). The lowest BCUT2D eigenvalue weighted by Gasteiger charge is -2.04. The van der Waals surface area contributed by atoms with Gasteiger partial charge in [-0.2, -0.15) is 5.26 Å². The fourth-order valence-electron chi connectivity index (χ4n) is 2.17. The fourth-order valence-corrected chi connectivity index (χ4v) is 2.88. The van der Waals surface area contributed by atoms with E-state index in [9.17, 15) is 4.79 Å². The van der Waals surface area contributed by atoms with Crippen LogP contribution in [0.5, 0.6) is 5.75 Å². The van der Waals surface area contributed by atoms with E-state index in [1.807, 2.05) is 35.7 Å². The van der Waals surface area contributed by atoms with E-state index in [2.05, 4.69) is 10.3 Å². The van der Waals surface area contributed by atoms with Crippen molar-refractivity contribution in [2.24, 2.45) is 0 Å². The largest absolute Gasteiger partial charge is 0.497 e. The van der Waals surface area contributed by atoms with Crippen LogP contribution >= 0.6 is 11.3 Å². The van der Waals surface area contributed by atoms with Crippen molar-refractivity contribution in [3.05, 3.63) is 70.7 Å². The average molecular weight is 365 g/mol. The summed E-state index contributed by atoms with van der Waals surface area (Å²) >= 11 is 1.42. The van der Waals surface area contributed by atoms with Crippen LogP contribution in [-0.4, -0.2) is 18.1 Å². The molecule has 1 aromatic heterocycles. The highest BCUT2D eigenvalue weighted by molar-refractivity contribution is 7.13. The first-order valence-electron chi connectivity index (χ1n) is 7.70. The molecule has 0 spiro atoms. The molecule has 0 saturated heterocycles. The van der Waals surface area contributed by atoms with Gasteiger partial charge in [0.25, 0.3) is 0 Å². The van der Waals surface area contributed by atoms with Gasteiger partial charge < -0.3 is 14.8 Å². The summed E-state index contributed by atoms with van der Waals surface area (Å²) in [6.07, 6.45) is 0. The molecule has 0 atom stereocenters. The van der Waals surface area contributed by atoms with Gasteiger partial charge in [-0.1, -0.05) is 6.07 Å². The van der Waals surface area contributed by atoms with Gasteiger partial charge in [-0.15, -0.1) is 11.3 Å². The molecule has 0 aliphatic heterocycles. The number of nitrogens with zero attached hydrogens (tertiary/aromatic N) is 2. The van der Waals surface area contributed by atoms with Crippen LogP contribution in [-0.2, 0) is 11.3 Å². The Morgan fingerprint density at radius 2 is 2.08 bits per heavy atom. The lowest BCUT2D eigenvalue weighted by Crippen LogP contribution is -2.05. The number of ether oxygens (including phenoxy) is 2. The molecule has 1 N–H and O–H groups in total. The third kappa shape index (κ3) is 4.37. The lowest BCUT2D eigenvalue weighted by atomic mass is 10.1. The van der Waals surface area contributed by atoms with E-state index < -0.39 is 5.97 Å². The molecular weight excluding hydrogens is 350 g/mol. The van der Waals surface area contributed by atoms with Crippen molar-refractivity contribution < 1.29 is 14.3 Å². The summed E-state index contributed by atoms with van der Waals surface area (Å²) in [5, 5.41) is 14.6. The number of thiazole rings is 1. The molecule has 0 aliphatic carbocycles. The predicted octanol–water partition coefficient (Wildman–Crippen LogP) is 4.12. The summed E-state index contributed by atoms with van der Waals surface area (Å²) in [5.74, 6) is 0.294. The molecule has 0 bridgehead atoms. The minimum atomic E-state index is -0.486. The van der Waals surface area contributed by atoms with Crippen molar-refractivity contribution in [1.29, 1.82) is 5.26 Å². The predicted molar refractivity (Wildman–Crippen MR) is 98.7 cm³/mol. The minimum Gasteiger partial charge on any atom is -0.497 e. The van der Waals surface area contributed by atoms with Gasteiger partial charge in [0, 0.05) is 11.1 Å². The van der Waals surface area contributed by atoms with Crippen LogP contribution in [0.25, 0.3) is 0 Å². The molecule has 130 valence electrons. The van der Waals surface area contributed by atoms with Crippen molar-refractivity contribution in [1.82, 2.24) is 4.98 Å². The van der Waals surface area contributed by atoms with E-state index in [1.54, 1.807) is 25.3 Å². The first-order valence-corrected chi connectivity index (χ1v) is 8.58. The molecule has 1 heterocycles. The van der Waals surface area contributed by atoms with E-state index in [0.717, 1.165) is 11.4 Å². The summed E-state index contributed by atoms with van der Waals surface area (Å²) in [5.41, 5.74) is 2.29. The second kappa shape index (κ2) is 8.14. The number of benzene rings is 2. The minimum absolute atomic E-state index is 0.0659. The Morgan fingerprint density at radius 3 is 2.81 bits per heavy atom. The highest BCUT2D eigenvalue weighted by atomic mass is 32.1. The van der Waals surface area contributed by atoms with Crippen LogP contribution in [0.15, 0.2) is 53.9 Å². The zero-order chi connectivity index (χ0) is 18.4. The molecule has 2 aromatic carbocycles. The van der Waals surface area contributed by atoms with Gasteiger partial charge in [0.05, 0.1) is 30.0 Å². The number of carbonyl (C=O) groups excluding carboxylic acids is 1. The fraction of sp³-hybridized carbons (Fsp3) is 0.105. The van der Waals surface area contributed by atoms with Crippen LogP contribution in [0.4, 0.5) is 10.8 Å². The van der Waals surface area contributed by atoms with Crippen LogP contribution < -0.4 is 10.1 Å². The molecule has 0 saturated carbocycles. The first kappa shape index (κ1) is 17.5. The van der Waals surface area contributed by atoms with Crippen molar-refractivity contribution in [2.45, 2.75) is 6.61 Å². The summed E-state index contributed by atoms with van der Waals surface area (Å²) in [6.45, 7) is 0.0659. The number of methoxy groups -OCH3 is 1. The molecule has 0 unspecified atom stereocenters. The van der Waals surface area contributed by atoms with Crippen LogP contribution in [0.3, 0.4) is 0 Å². The van der Waals surface area contributed by atoms with Crippen molar-refractivity contribution in [3.63, 3.8) is 0 Å². The Labute approximate surface area is 154 Å². The number of anilines is 2. The first-order chi connectivity index (χ1) is 12.7. The Morgan fingerprint density at radius 1 is 1.27 bits per heavy atom. The second-order valence-corrected chi connectivity index (χ2v) is 6.12. The van der Waals surface area contributed by atoms with Crippen molar-refractivity contribution >= 4 is 28.1 Å². The molecule has 6 nitrogen and oxygen atoms in total. The maximum Gasteiger partial charge on any atom is 0.338 e. The topological polar surface area (TPSA) is 84.2 Å². The zero-order valence-electron chi connectivity index (χ0n) is 13.9. The normalized spacial score (nSPS) is 10.0. The SMILES string of the molecule is COc1ccc(Nc2nc(COC(=O)c3cccc(C#N)c3)cs2)cc1. The zero-order valence-corrected chi connectivity index (χ0v) is 14.7. The van der Waals surface area contributed by atoms with E-state index in [1.165, 1.54) is 17.4 Å². The highest BCUT2D eigenvalue weighted by Gasteiger charge is 2.10. The van der Waals surface area contributed by atoms with Crippen LogP contribution in [0, 0.1) is 11.3 Å². The van der Waals surface area contributed by atoms with E-state index in [-0.39, 0.29) is 6.61 Å². The number of hydrogen-bond donors (Lipinski definition) is 1. The molecule has 0 aliphatic rings. The number of esters is 1. The molecule has 7 heteroatoms. The Hall–Kier alpha value is -3.37. The third-order valence-corrected chi connectivity index (χ3v) is 4.28. The monoisotopic (exact) mass is 365 g/mol. The third-order valence-electron chi connectivity index (χ3n) is 3.47. The summed E-state index contributed by atoms with van der Waals surface area (Å²) in [6, 6.07) is 15.9. The van der Waals surface area contributed by atoms with Gasteiger partial charge in [-0.05, 0) is 42.5 Å². The molecule has 0 radical (unpaired) electrons. The van der Waals surface area contributed by atoms with Gasteiger partial charge in [0.1, 0.15) is 12.4 Å². The molecule has 26 heavy (non-hydrogen) atoms.